The average Bonchev–Trinajstić information content (AvgIpc) is 2.60. The molecule has 1 aromatic rings. The van der Waals surface area contributed by atoms with E-state index in [2.05, 4.69) is 10.3 Å². The molecule has 2 atom stereocenters. The Bertz CT molecular complexity index is 509. The maximum Gasteiger partial charge on any atom is 0.308 e. The monoisotopic (exact) mass is 280 g/mol. The molecule has 1 saturated carbocycles. The van der Waals surface area contributed by atoms with Crippen molar-refractivity contribution in [3.05, 3.63) is 17.3 Å². The van der Waals surface area contributed by atoms with Crippen LogP contribution in [0.3, 0.4) is 0 Å². The lowest BCUT2D eigenvalue weighted by molar-refractivity contribution is -0.142. The van der Waals surface area contributed by atoms with Gasteiger partial charge in [-0.15, -0.1) is 0 Å². The highest BCUT2D eigenvalue weighted by Crippen LogP contribution is 2.24. The molecular formula is C14H20N2O4. The van der Waals surface area contributed by atoms with Gasteiger partial charge < -0.3 is 14.8 Å². The first-order chi connectivity index (χ1) is 9.49. The van der Waals surface area contributed by atoms with Crippen molar-refractivity contribution < 1.29 is 19.1 Å². The molecule has 1 fully saturated rings. The predicted molar refractivity (Wildman–Crippen MR) is 71.4 cm³/mol. The molecule has 0 bridgehead atoms. The summed E-state index contributed by atoms with van der Waals surface area (Å²) in [5, 5.41) is 12.1. The van der Waals surface area contributed by atoms with Crippen molar-refractivity contribution in [2.45, 2.75) is 52.0 Å². The topological polar surface area (TPSA) is 92.4 Å². The van der Waals surface area contributed by atoms with Crippen LogP contribution in [0.2, 0.25) is 0 Å². The van der Waals surface area contributed by atoms with Gasteiger partial charge in [-0.2, -0.15) is 0 Å². The zero-order valence-electron chi connectivity index (χ0n) is 11.8. The molecule has 0 spiro atoms. The Hall–Kier alpha value is -1.85. The fraction of sp³-hybridized carbons (Fsp3) is 0.643. The van der Waals surface area contributed by atoms with Gasteiger partial charge in [0.15, 0.2) is 5.89 Å². The molecule has 0 aromatic carbocycles. The van der Waals surface area contributed by atoms with Crippen molar-refractivity contribution in [2.75, 3.05) is 0 Å². The minimum Gasteiger partial charge on any atom is -0.481 e. The lowest BCUT2D eigenvalue weighted by Crippen LogP contribution is -2.42. The molecule has 20 heavy (non-hydrogen) atoms. The third kappa shape index (κ3) is 3.18. The number of aryl methyl sites for hydroxylation is 2. The molecule has 6 heteroatoms. The van der Waals surface area contributed by atoms with Crippen molar-refractivity contribution in [1.29, 1.82) is 0 Å². The van der Waals surface area contributed by atoms with Crippen LogP contribution in [0.25, 0.3) is 0 Å². The first kappa shape index (κ1) is 14.6. The van der Waals surface area contributed by atoms with E-state index in [1.807, 2.05) is 0 Å². The smallest absolute Gasteiger partial charge is 0.308 e. The Labute approximate surface area is 117 Å². The normalized spacial score (nSPS) is 23.1. The second-order valence-corrected chi connectivity index (χ2v) is 5.31. The van der Waals surface area contributed by atoms with Gasteiger partial charge in [0.2, 0.25) is 5.76 Å². The largest absolute Gasteiger partial charge is 0.481 e. The number of aromatic nitrogens is 1. The average molecular weight is 280 g/mol. The molecule has 1 aromatic heterocycles. The fourth-order valence-electron chi connectivity index (χ4n) is 2.75. The Morgan fingerprint density at radius 1 is 1.25 bits per heavy atom. The van der Waals surface area contributed by atoms with Crippen LogP contribution in [0.1, 0.15) is 54.2 Å². The summed E-state index contributed by atoms with van der Waals surface area (Å²) in [5.74, 6) is -1.13. The van der Waals surface area contributed by atoms with Gasteiger partial charge in [0.25, 0.3) is 5.91 Å². The van der Waals surface area contributed by atoms with E-state index in [1.54, 1.807) is 13.8 Å². The van der Waals surface area contributed by atoms with Gasteiger partial charge in [0.1, 0.15) is 0 Å². The van der Waals surface area contributed by atoms with Crippen LogP contribution < -0.4 is 5.32 Å². The number of hydrogen-bond acceptors (Lipinski definition) is 4. The van der Waals surface area contributed by atoms with Crippen LogP contribution in [0.4, 0.5) is 0 Å². The summed E-state index contributed by atoms with van der Waals surface area (Å²) in [4.78, 5) is 27.6. The van der Waals surface area contributed by atoms with Gasteiger partial charge in [-0.1, -0.05) is 19.3 Å². The summed E-state index contributed by atoms with van der Waals surface area (Å²) in [6.07, 6.45) is 4.13. The van der Waals surface area contributed by atoms with Crippen molar-refractivity contribution in [1.82, 2.24) is 10.3 Å². The zero-order chi connectivity index (χ0) is 14.7. The molecule has 1 aliphatic carbocycles. The van der Waals surface area contributed by atoms with E-state index in [0.717, 1.165) is 19.3 Å². The minimum absolute atomic E-state index is 0.177. The Balaban J connectivity index is 2.11. The SMILES string of the molecule is Cc1nc(C)c(C(=O)NC2CCCCCC2C(=O)O)o1. The van der Waals surface area contributed by atoms with Crippen LogP contribution in [0, 0.1) is 19.8 Å². The van der Waals surface area contributed by atoms with Gasteiger partial charge in [-0.25, -0.2) is 4.98 Å². The van der Waals surface area contributed by atoms with Gasteiger partial charge in [0, 0.05) is 13.0 Å². The molecule has 2 N–H and O–H groups in total. The molecule has 6 nitrogen and oxygen atoms in total. The zero-order valence-corrected chi connectivity index (χ0v) is 11.8. The lowest BCUT2D eigenvalue weighted by Gasteiger charge is -2.22. The van der Waals surface area contributed by atoms with Crippen molar-refractivity contribution in [3.8, 4) is 0 Å². The minimum atomic E-state index is -0.845. The molecule has 110 valence electrons. The molecular weight excluding hydrogens is 260 g/mol. The lowest BCUT2D eigenvalue weighted by atomic mass is 9.95. The molecule has 2 unspecified atom stereocenters. The second-order valence-electron chi connectivity index (χ2n) is 5.31. The number of aliphatic carboxylic acids is 1. The van der Waals surface area contributed by atoms with Crippen molar-refractivity contribution in [3.63, 3.8) is 0 Å². The maximum atomic E-state index is 12.2. The number of carboxylic acid groups (broad SMARTS) is 1. The molecule has 2 rings (SSSR count). The first-order valence-electron chi connectivity index (χ1n) is 6.96. The number of hydrogen-bond donors (Lipinski definition) is 2. The molecule has 1 amide bonds. The number of amides is 1. The summed E-state index contributed by atoms with van der Waals surface area (Å²) >= 11 is 0. The van der Waals surface area contributed by atoms with Crippen LogP contribution in [-0.4, -0.2) is 28.0 Å². The number of carboxylic acids is 1. The van der Waals surface area contributed by atoms with E-state index in [0.29, 0.717) is 24.4 Å². The van der Waals surface area contributed by atoms with Gasteiger partial charge in [-0.3, -0.25) is 9.59 Å². The van der Waals surface area contributed by atoms with Crippen molar-refractivity contribution in [2.24, 2.45) is 5.92 Å². The van der Waals surface area contributed by atoms with Crippen molar-refractivity contribution >= 4 is 11.9 Å². The number of nitrogens with one attached hydrogen (secondary N) is 1. The third-order valence-corrected chi connectivity index (χ3v) is 3.76. The number of rotatable bonds is 3. The quantitative estimate of drug-likeness (QED) is 0.827. The number of oxazole rings is 1. The van der Waals surface area contributed by atoms with Crippen LogP contribution in [-0.2, 0) is 4.79 Å². The van der Waals surface area contributed by atoms with E-state index < -0.39 is 11.9 Å². The van der Waals surface area contributed by atoms with Gasteiger partial charge in [-0.05, 0) is 19.8 Å². The summed E-state index contributed by atoms with van der Waals surface area (Å²) in [6.45, 7) is 3.38. The second kappa shape index (κ2) is 6.07. The molecule has 0 saturated heterocycles. The molecule has 0 radical (unpaired) electrons. The van der Waals surface area contributed by atoms with E-state index in [9.17, 15) is 14.7 Å². The summed E-state index contributed by atoms with van der Waals surface area (Å²) in [5.41, 5.74) is 0.528. The van der Waals surface area contributed by atoms with E-state index in [4.69, 9.17) is 4.42 Å². The first-order valence-corrected chi connectivity index (χ1v) is 6.96. The van der Waals surface area contributed by atoms with E-state index in [-0.39, 0.29) is 17.7 Å². The standard InChI is InChI=1S/C14H20N2O4/c1-8-12(20-9(2)15-8)13(17)16-11-7-5-3-4-6-10(11)14(18)19/h10-11H,3-7H2,1-2H3,(H,16,17)(H,18,19). The highest BCUT2D eigenvalue weighted by molar-refractivity contribution is 5.93. The highest BCUT2D eigenvalue weighted by Gasteiger charge is 2.31. The Morgan fingerprint density at radius 3 is 2.55 bits per heavy atom. The molecule has 1 heterocycles. The summed E-state index contributed by atoms with van der Waals surface area (Å²) < 4.78 is 5.27. The predicted octanol–water partition coefficient (Wildman–Crippen LogP) is 2.05. The summed E-state index contributed by atoms with van der Waals surface area (Å²) in [7, 11) is 0. The Morgan fingerprint density at radius 2 is 1.95 bits per heavy atom. The third-order valence-electron chi connectivity index (χ3n) is 3.76. The summed E-state index contributed by atoms with van der Waals surface area (Å²) in [6, 6.07) is -0.340. The number of carbonyl (C=O) groups excluding carboxylic acids is 1. The molecule has 1 aliphatic rings. The van der Waals surface area contributed by atoms with Gasteiger partial charge >= 0.3 is 5.97 Å². The van der Waals surface area contributed by atoms with Crippen LogP contribution in [0.15, 0.2) is 4.42 Å². The molecule has 0 aliphatic heterocycles. The van der Waals surface area contributed by atoms with Crippen LogP contribution in [0.5, 0.6) is 0 Å². The van der Waals surface area contributed by atoms with Crippen LogP contribution >= 0.6 is 0 Å². The Kier molecular flexibility index (Phi) is 4.42. The number of carbonyl (C=O) groups is 2. The van der Waals surface area contributed by atoms with E-state index >= 15 is 0 Å². The maximum absolute atomic E-state index is 12.2. The number of nitrogens with zero attached hydrogens (tertiary/aromatic N) is 1. The van der Waals surface area contributed by atoms with Gasteiger partial charge in [0.05, 0.1) is 11.6 Å². The highest BCUT2D eigenvalue weighted by atomic mass is 16.4. The van der Waals surface area contributed by atoms with E-state index in [1.165, 1.54) is 0 Å². The fourth-order valence-corrected chi connectivity index (χ4v) is 2.75.